The third-order valence-electron chi connectivity index (χ3n) is 4.06. The molecule has 2 aromatic heterocycles. The highest BCUT2D eigenvalue weighted by Crippen LogP contribution is 2.27. The molecule has 1 N–H and O–H groups in total. The predicted octanol–water partition coefficient (Wildman–Crippen LogP) is 2.32. The van der Waals surface area contributed by atoms with Gasteiger partial charge in [0.15, 0.2) is 0 Å². The molecular weight excluding hydrogens is 388 g/mol. The van der Waals surface area contributed by atoms with Crippen molar-refractivity contribution < 1.29 is 4.79 Å². The van der Waals surface area contributed by atoms with Crippen LogP contribution in [0.2, 0.25) is 5.02 Å². The Morgan fingerprint density at radius 1 is 1.26 bits per heavy atom. The maximum Gasteiger partial charge on any atom is 0.332 e. The second-order valence-electron chi connectivity index (χ2n) is 6.02. The molecule has 0 radical (unpaired) electrons. The SMILES string of the molecule is Cc1cnc2c(c1SCC(=O)Nc1cccc(Cl)c1)c(=O)n(C)c(=O)n2C. The Hall–Kier alpha value is -2.58. The lowest BCUT2D eigenvalue weighted by Gasteiger charge is -2.12. The topological polar surface area (TPSA) is 86.0 Å². The summed E-state index contributed by atoms with van der Waals surface area (Å²) in [6.07, 6.45) is 1.60. The number of amides is 1. The summed E-state index contributed by atoms with van der Waals surface area (Å²) in [6.45, 7) is 1.81. The number of nitrogens with one attached hydrogen (secondary N) is 1. The first-order valence-corrected chi connectivity index (χ1v) is 9.39. The summed E-state index contributed by atoms with van der Waals surface area (Å²) < 4.78 is 2.37. The van der Waals surface area contributed by atoms with Crippen molar-refractivity contribution in [3.05, 3.63) is 61.9 Å². The molecule has 3 aromatic rings. The van der Waals surface area contributed by atoms with Crippen LogP contribution in [0.1, 0.15) is 5.56 Å². The Balaban J connectivity index is 1.93. The monoisotopic (exact) mass is 404 g/mol. The van der Waals surface area contributed by atoms with Gasteiger partial charge in [0.2, 0.25) is 5.91 Å². The molecule has 9 heteroatoms. The van der Waals surface area contributed by atoms with Gasteiger partial charge in [0.05, 0.1) is 11.1 Å². The van der Waals surface area contributed by atoms with Gasteiger partial charge in [-0.15, -0.1) is 11.8 Å². The number of benzene rings is 1. The summed E-state index contributed by atoms with van der Waals surface area (Å²) in [4.78, 5) is 41.9. The number of anilines is 1. The molecule has 3 rings (SSSR count). The van der Waals surface area contributed by atoms with E-state index >= 15 is 0 Å². The first-order valence-electron chi connectivity index (χ1n) is 8.03. The lowest BCUT2D eigenvalue weighted by molar-refractivity contribution is -0.113. The lowest BCUT2D eigenvalue weighted by Crippen LogP contribution is -2.37. The van der Waals surface area contributed by atoms with Crippen molar-refractivity contribution in [3.8, 4) is 0 Å². The van der Waals surface area contributed by atoms with Gasteiger partial charge in [-0.3, -0.25) is 18.7 Å². The third kappa shape index (κ3) is 3.77. The minimum atomic E-state index is -0.446. The first kappa shape index (κ1) is 19.2. The number of carbonyl (C=O) groups is 1. The lowest BCUT2D eigenvalue weighted by atomic mass is 10.2. The van der Waals surface area contributed by atoms with Crippen LogP contribution in [-0.2, 0) is 18.9 Å². The molecule has 0 bridgehead atoms. The van der Waals surface area contributed by atoms with E-state index < -0.39 is 11.2 Å². The second kappa shape index (κ2) is 7.58. The van der Waals surface area contributed by atoms with Crippen LogP contribution in [0, 0.1) is 6.92 Å². The summed E-state index contributed by atoms with van der Waals surface area (Å²) in [6, 6.07) is 6.87. The minimum Gasteiger partial charge on any atom is -0.325 e. The number of carbonyl (C=O) groups excluding carboxylic acids is 1. The number of nitrogens with zero attached hydrogens (tertiary/aromatic N) is 3. The molecule has 0 aliphatic heterocycles. The molecule has 27 heavy (non-hydrogen) atoms. The Kier molecular flexibility index (Phi) is 5.38. The summed E-state index contributed by atoms with van der Waals surface area (Å²) in [5.74, 6) is -0.133. The highest BCUT2D eigenvalue weighted by molar-refractivity contribution is 8.00. The van der Waals surface area contributed by atoms with Crippen LogP contribution in [0.3, 0.4) is 0 Å². The second-order valence-corrected chi connectivity index (χ2v) is 7.44. The zero-order valence-electron chi connectivity index (χ0n) is 14.9. The molecule has 0 fully saturated rings. The van der Waals surface area contributed by atoms with E-state index in [4.69, 9.17) is 11.6 Å². The third-order valence-corrected chi connectivity index (χ3v) is 5.51. The number of hydrogen-bond donors (Lipinski definition) is 1. The van der Waals surface area contributed by atoms with Gasteiger partial charge >= 0.3 is 5.69 Å². The summed E-state index contributed by atoms with van der Waals surface area (Å²) in [7, 11) is 2.99. The van der Waals surface area contributed by atoms with Crippen LogP contribution < -0.4 is 16.6 Å². The number of hydrogen-bond acceptors (Lipinski definition) is 5. The molecular formula is C18H17ClN4O3S. The van der Waals surface area contributed by atoms with Gasteiger partial charge in [0.1, 0.15) is 5.65 Å². The Labute approximate surface area is 164 Å². The molecule has 140 valence electrons. The maximum absolute atomic E-state index is 12.6. The normalized spacial score (nSPS) is 11.0. The number of thioether (sulfide) groups is 1. The number of pyridine rings is 1. The van der Waals surface area contributed by atoms with Gasteiger partial charge in [-0.2, -0.15) is 0 Å². The summed E-state index contributed by atoms with van der Waals surface area (Å²) >= 11 is 7.15. The van der Waals surface area contributed by atoms with Crippen LogP contribution >= 0.6 is 23.4 Å². The molecule has 2 heterocycles. The van der Waals surface area contributed by atoms with E-state index in [0.717, 1.165) is 10.1 Å². The van der Waals surface area contributed by atoms with E-state index in [-0.39, 0.29) is 11.7 Å². The van der Waals surface area contributed by atoms with Crippen molar-refractivity contribution in [2.45, 2.75) is 11.8 Å². The zero-order valence-corrected chi connectivity index (χ0v) is 16.5. The van der Waals surface area contributed by atoms with E-state index in [1.54, 1.807) is 37.5 Å². The molecule has 0 saturated heterocycles. The van der Waals surface area contributed by atoms with Crippen molar-refractivity contribution in [3.63, 3.8) is 0 Å². The van der Waals surface area contributed by atoms with Crippen LogP contribution in [0.4, 0.5) is 5.69 Å². The predicted molar refractivity (Wildman–Crippen MR) is 108 cm³/mol. The average molecular weight is 405 g/mol. The molecule has 0 spiro atoms. The van der Waals surface area contributed by atoms with E-state index in [1.165, 1.54) is 23.4 Å². The van der Waals surface area contributed by atoms with E-state index in [1.807, 2.05) is 6.92 Å². The van der Waals surface area contributed by atoms with E-state index in [9.17, 15) is 14.4 Å². The van der Waals surface area contributed by atoms with Crippen LogP contribution in [0.5, 0.6) is 0 Å². The number of aromatic nitrogens is 3. The van der Waals surface area contributed by atoms with Crippen LogP contribution in [0.15, 0.2) is 44.9 Å². The van der Waals surface area contributed by atoms with Crippen LogP contribution in [-0.4, -0.2) is 25.8 Å². The van der Waals surface area contributed by atoms with Gasteiger partial charge < -0.3 is 5.32 Å². The molecule has 1 amide bonds. The Bertz CT molecular complexity index is 1170. The highest BCUT2D eigenvalue weighted by atomic mass is 35.5. The van der Waals surface area contributed by atoms with Gasteiger partial charge in [-0.1, -0.05) is 17.7 Å². The largest absolute Gasteiger partial charge is 0.332 e. The van der Waals surface area contributed by atoms with Gasteiger partial charge in [0, 0.05) is 35.9 Å². The molecule has 0 atom stereocenters. The molecule has 7 nitrogen and oxygen atoms in total. The molecule has 0 unspecified atom stereocenters. The van der Waals surface area contributed by atoms with Crippen molar-refractivity contribution in [2.24, 2.45) is 14.1 Å². The molecule has 0 saturated carbocycles. The summed E-state index contributed by atoms with van der Waals surface area (Å²) in [5.41, 5.74) is 0.786. The Morgan fingerprint density at radius 2 is 2.00 bits per heavy atom. The smallest absolute Gasteiger partial charge is 0.325 e. The standard InChI is InChI=1S/C18H17ClN4O3S/c1-10-8-20-16-14(17(25)23(3)18(26)22(16)2)15(10)27-9-13(24)21-12-6-4-5-11(19)7-12/h4-8H,9H2,1-3H3,(H,21,24). The first-order chi connectivity index (χ1) is 12.8. The fourth-order valence-electron chi connectivity index (χ4n) is 2.68. The minimum absolute atomic E-state index is 0.0957. The number of rotatable bonds is 4. The quantitative estimate of drug-likeness (QED) is 0.674. The number of halogens is 1. The van der Waals surface area contributed by atoms with Crippen molar-refractivity contribution in [2.75, 3.05) is 11.1 Å². The van der Waals surface area contributed by atoms with Crippen molar-refractivity contribution >= 4 is 46.0 Å². The number of fused-ring (bicyclic) bond motifs is 1. The molecule has 1 aromatic carbocycles. The van der Waals surface area contributed by atoms with E-state index in [2.05, 4.69) is 10.3 Å². The fraction of sp³-hybridized carbons (Fsp3) is 0.222. The van der Waals surface area contributed by atoms with Crippen LogP contribution in [0.25, 0.3) is 11.0 Å². The van der Waals surface area contributed by atoms with Crippen molar-refractivity contribution in [1.82, 2.24) is 14.1 Å². The van der Waals surface area contributed by atoms with E-state index in [0.29, 0.717) is 26.6 Å². The highest BCUT2D eigenvalue weighted by Gasteiger charge is 2.17. The number of aryl methyl sites for hydroxylation is 2. The fourth-order valence-corrected chi connectivity index (χ4v) is 3.83. The van der Waals surface area contributed by atoms with Gasteiger partial charge in [-0.25, -0.2) is 9.78 Å². The van der Waals surface area contributed by atoms with Gasteiger partial charge in [-0.05, 0) is 30.7 Å². The maximum atomic E-state index is 12.6. The Morgan fingerprint density at radius 3 is 2.70 bits per heavy atom. The average Bonchev–Trinajstić information content (AvgIpc) is 2.63. The molecule has 0 aliphatic carbocycles. The van der Waals surface area contributed by atoms with Gasteiger partial charge in [0.25, 0.3) is 5.56 Å². The molecule has 0 aliphatic rings. The zero-order chi connectivity index (χ0) is 19.7. The van der Waals surface area contributed by atoms with Crippen molar-refractivity contribution in [1.29, 1.82) is 0 Å². The summed E-state index contributed by atoms with van der Waals surface area (Å²) in [5, 5.41) is 3.63.